The van der Waals surface area contributed by atoms with Crippen molar-refractivity contribution in [3.63, 3.8) is 0 Å². The number of hydrogen-bond donors (Lipinski definition) is 1. The van der Waals surface area contributed by atoms with Crippen molar-refractivity contribution in [2.24, 2.45) is 0 Å². The van der Waals surface area contributed by atoms with Crippen molar-refractivity contribution in [3.8, 4) is 0 Å². The van der Waals surface area contributed by atoms with Crippen LogP contribution in [-0.4, -0.2) is 30.7 Å². The summed E-state index contributed by atoms with van der Waals surface area (Å²) >= 11 is 5.32. The smallest absolute Gasteiger partial charge is 0.345 e. The molecule has 0 aliphatic carbocycles. The van der Waals surface area contributed by atoms with E-state index >= 15 is 0 Å². The van der Waals surface area contributed by atoms with Crippen molar-refractivity contribution < 1.29 is 18.3 Å². The number of aromatic nitrogens is 1. The van der Waals surface area contributed by atoms with Crippen LogP contribution >= 0.6 is 39.0 Å². The predicted molar refractivity (Wildman–Crippen MR) is 80.4 cm³/mol. The Morgan fingerprint density at radius 2 is 2.10 bits per heavy atom. The van der Waals surface area contributed by atoms with Crippen LogP contribution in [0.3, 0.4) is 0 Å². The molecule has 0 saturated heterocycles. The van der Waals surface area contributed by atoms with Crippen LogP contribution in [0, 0.1) is 0 Å². The van der Waals surface area contributed by atoms with E-state index in [9.17, 15) is 13.2 Å². The second-order valence-electron chi connectivity index (χ2n) is 3.61. The molecule has 0 aliphatic heterocycles. The van der Waals surface area contributed by atoms with Crippen LogP contribution < -0.4 is 0 Å². The maximum absolute atomic E-state index is 12.5. The van der Waals surface area contributed by atoms with Crippen LogP contribution in [-0.2, 0) is 9.84 Å². The molecule has 2 rings (SSSR count). The first-order valence-corrected chi connectivity index (χ1v) is 9.44. The lowest BCUT2D eigenvalue weighted by molar-refractivity contribution is 0.0702. The maximum Gasteiger partial charge on any atom is 0.345 e. The van der Waals surface area contributed by atoms with Gasteiger partial charge in [0.1, 0.15) is 4.88 Å². The molecule has 5 nitrogen and oxygen atoms in total. The van der Waals surface area contributed by atoms with Crippen LogP contribution in [0.2, 0.25) is 0 Å². The summed E-state index contributed by atoms with van der Waals surface area (Å²) in [6.07, 6.45) is 4.42. The second-order valence-corrected chi connectivity index (χ2v) is 8.57. The Morgan fingerprint density at radius 3 is 2.65 bits per heavy atom. The van der Waals surface area contributed by atoms with Gasteiger partial charge in [0, 0.05) is 16.9 Å². The van der Waals surface area contributed by atoms with Gasteiger partial charge in [-0.2, -0.15) is 0 Å². The van der Waals surface area contributed by atoms with Crippen LogP contribution in [0.4, 0.5) is 0 Å². The number of hydrogen-bond acceptors (Lipinski definition) is 6. The van der Waals surface area contributed by atoms with Gasteiger partial charge in [-0.15, -0.1) is 23.1 Å². The Kier molecular flexibility index (Phi) is 4.52. The number of nitrogens with zero attached hydrogens (tertiary/aromatic N) is 1. The molecule has 2 aromatic heterocycles. The minimum atomic E-state index is -3.78. The zero-order valence-corrected chi connectivity index (χ0v) is 14.1. The molecule has 0 aromatic carbocycles. The number of carbonyl (C=O) groups is 1. The fourth-order valence-corrected chi connectivity index (χ4v) is 5.80. The molecule has 2 heterocycles. The third-order valence-electron chi connectivity index (χ3n) is 2.34. The lowest BCUT2D eigenvalue weighted by atomic mass is 10.5. The third kappa shape index (κ3) is 2.90. The van der Waals surface area contributed by atoms with E-state index in [1.54, 1.807) is 6.26 Å². The van der Waals surface area contributed by atoms with Gasteiger partial charge in [0.2, 0.25) is 9.84 Å². The van der Waals surface area contributed by atoms with Crippen molar-refractivity contribution in [2.45, 2.75) is 14.0 Å². The van der Waals surface area contributed by atoms with E-state index in [1.165, 1.54) is 36.3 Å². The van der Waals surface area contributed by atoms with Crippen molar-refractivity contribution in [1.29, 1.82) is 0 Å². The van der Waals surface area contributed by atoms with Crippen molar-refractivity contribution in [3.05, 3.63) is 33.9 Å². The number of aromatic carboxylic acids is 1. The summed E-state index contributed by atoms with van der Waals surface area (Å²) in [5, 5.41) is 8.99. The summed E-state index contributed by atoms with van der Waals surface area (Å²) in [5.74, 6) is -1.14. The minimum absolute atomic E-state index is 0.00381. The SMILES string of the molecule is CSc1sc(C(=O)O)cc1S(=O)(=O)c1cncc(Br)c1. The van der Waals surface area contributed by atoms with Gasteiger partial charge in [-0.05, 0) is 34.3 Å². The van der Waals surface area contributed by atoms with Gasteiger partial charge in [-0.1, -0.05) is 0 Å². The Hall–Kier alpha value is -0.900. The first-order valence-electron chi connectivity index (χ1n) is 5.13. The van der Waals surface area contributed by atoms with E-state index in [2.05, 4.69) is 20.9 Å². The summed E-state index contributed by atoms with van der Waals surface area (Å²) < 4.78 is 26.1. The van der Waals surface area contributed by atoms with Crippen molar-refractivity contribution in [1.82, 2.24) is 4.98 Å². The molecule has 0 aliphatic rings. The topological polar surface area (TPSA) is 84.3 Å². The number of halogens is 1. The molecular formula is C11H8BrNO4S3. The van der Waals surface area contributed by atoms with Crippen molar-refractivity contribution in [2.75, 3.05) is 6.26 Å². The van der Waals surface area contributed by atoms with E-state index in [4.69, 9.17) is 5.11 Å². The quantitative estimate of drug-likeness (QED) is 0.802. The van der Waals surface area contributed by atoms with E-state index in [0.717, 1.165) is 11.3 Å². The van der Waals surface area contributed by atoms with Gasteiger partial charge < -0.3 is 5.11 Å². The highest BCUT2D eigenvalue weighted by Crippen LogP contribution is 2.37. The molecule has 1 N–H and O–H groups in total. The average molecular weight is 394 g/mol. The molecule has 0 fully saturated rings. The maximum atomic E-state index is 12.5. The first-order chi connectivity index (χ1) is 9.36. The number of sulfone groups is 1. The second kappa shape index (κ2) is 5.84. The fraction of sp³-hybridized carbons (Fsp3) is 0.0909. The van der Waals surface area contributed by atoms with Gasteiger partial charge in [-0.3, -0.25) is 4.98 Å². The summed E-state index contributed by atoms with van der Waals surface area (Å²) in [5.41, 5.74) is 0. The van der Waals surface area contributed by atoms with E-state index in [1.807, 2.05) is 0 Å². The predicted octanol–water partition coefficient (Wildman–Crippen LogP) is 3.16. The summed E-state index contributed by atoms with van der Waals surface area (Å²) in [4.78, 5) is 14.8. The van der Waals surface area contributed by atoms with Crippen LogP contribution in [0.1, 0.15) is 9.67 Å². The Bertz CT molecular complexity index is 770. The van der Waals surface area contributed by atoms with Crippen LogP contribution in [0.25, 0.3) is 0 Å². The van der Waals surface area contributed by atoms with Gasteiger partial charge in [0.05, 0.1) is 14.0 Å². The lowest BCUT2D eigenvalue weighted by Crippen LogP contribution is -2.02. The summed E-state index contributed by atoms with van der Waals surface area (Å²) in [6.45, 7) is 0. The molecule has 0 unspecified atom stereocenters. The fourth-order valence-electron chi connectivity index (χ4n) is 1.46. The zero-order chi connectivity index (χ0) is 14.9. The number of rotatable bonds is 4. The molecule has 0 atom stereocenters. The number of carboxylic acids is 1. The van der Waals surface area contributed by atoms with E-state index in [0.29, 0.717) is 8.68 Å². The number of thioether (sulfide) groups is 1. The van der Waals surface area contributed by atoms with Gasteiger partial charge in [0.15, 0.2) is 0 Å². The molecule has 0 bridgehead atoms. The van der Waals surface area contributed by atoms with Crippen LogP contribution in [0.5, 0.6) is 0 Å². The molecule has 0 amide bonds. The molecule has 9 heteroatoms. The number of carboxylic acid groups (broad SMARTS) is 1. The standard InChI is InChI=1S/C11H8BrNO4S3/c1-18-11-9(3-8(19-11)10(14)15)20(16,17)7-2-6(12)4-13-5-7/h2-5H,1H3,(H,14,15). The largest absolute Gasteiger partial charge is 0.477 e. The van der Waals surface area contributed by atoms with Gasteiger partial charge >= 0.3 is 5.97 Å². The first kappa shape index (κ1) is 15.5. The molecule has 0 saturated carbocycles. The molecule has 2 aromatic rings. The Morgan fingerprint density at radius 1 is 1.40 bits per heavy atom. The van der Waals surface area contributed by atoms with E-state index in [-0.39, 0.29) is 14.7 Å². The molecule has 106 valence electrons. The van der Waals surface area contributed by atoms with E-state index < -0.39 is 15.8 Å². The molecule has 0 spiro atoms. The third-order valence-corrected chi connectivity index (χ3v) is 7.04. The monoisotopic (exact) mass is 393 g/mol. The van der Waals surface area contributed by atoms with Gasteiger partial charge in [0.25, 0.3) is 0 Å². The Balaban J connectivity index is 2.63. The Labute approximate surface area is 132 Å². The molecule has 0 radical (unpaired) electrons. The van der Waals surface area contributed by atoms with Gasteiger partial charge in [-0.25, -0.2) is 13.2 Å². The summed E-state index contributed by atoms with van der Waals surface area (Å²) in [7, 11) is -3.78. The average Bonchev–Trinajstić information content (AvgIpc) is 2.83. The molecule has 20 heavy (non-hydrogen) atoms. The number of thiophene rings is 1. The normalized spacial score (nSPS) is 11.5. The number of pyridine rings is 1. The summed E-state index contributed by atoms with van der Waals surface area (Å²) in [6, 6.07) is 2.62. The molecular weight excluding hydrogens is 386 g/mol. The van der Waals surface area contributed by atoms with Crippen LogP contribution in [0.15, 0.2) is 43.0 Å². The minimum Gasteiger partial charge on any atom is -0.477 e. The highest BCUT2D eigenvalue weighted by atomic mass is 79.9. The zero-order valence-electron chi connectivity index (χ0n) is 10.0. The highest BCUT2D eigenvalue weighted by molar-refractivity contribution is 9.10. The highest BCUT2D eigenvalue weighted by Gasteiger charge is 2.26. The lowest BCUT2D eigenvalue weighted by Gasteiger charge is -2.04. The van der Waals surface area contributed by atoms with Crippen molar-refractivity contribution >= 4 is 54.8 Å².